The van der Waals surface area contributed by atoms with Crippen molar-refractivity contribution in [1.29, 1.82) is 0 Å². The van der Waals surface area contributed by atoms with E-state index in [1.807, 2.05) is 0 Å². The van der Waals surface area contributed by atoms with Crippen LogP contribution in [0.3, 0.4) is 0 Å². The molecule has 280 valence electrons. The lowest BCUT2D eigenvalue weighted by atomic mass is 9.77. The molecule has 0 saturated heterocycles. The van der Waals surface area contributed by atoms with Crippen molar-refractivity contribution in [2.45, 2.75) is 131 Å². The van der Waals surface area contributed by atoms with Crippen molar-refractivity contribution in [1.82, 2.24) is 0 Å². The highest BCUT2D eigenvalue weighted by atomic mass is 14.3. The van der Waals surface area contributed by atoms with Crippen molar-refractivity contribution in [2.75, 3.05) is 0 Å². The Bertz CT molecular complexity index is 2120. The molecule has 7 rings (SSSR count). The van der Waals surface area contributed by atoms with Crippen LogP contribution in [-0.4, -0.2) is 0 Å². The number of aryl methyl sites for hydroxylation is 2. The van der Waals surface area contributed by atoms with Gasteiger partial charge in [0, 0.05) is 0 Å². The largest absolute Gasteiger partial charge is 0.0776 e. The van der Waals surface area contributed by atoms with Crippen LogP contribution in [0, 0.1) is 13.8 Å². The molecule has 0 heterocycles. The van der Waals surface area contributed by atoms with Gasteiger partial charge >= 0.3 is 0 Å². The molecule has 0 nitrogen and oxygen atoms in total. The average Bonchev–Trinajstić information content (AvgIpc) is 3.51. The first-order valence-electron chi connectivity index (χ1n) is 21.1. The monoisotopic (exact) mass is 713 g/mol. The highest BCUT2D eigenvalue weighted by molar-refractivity contribution is 6.22. The second-order valence-corrected chi connectivity index (χ2v) is 15.9. The Morgan fingerprint density at radius 2 is 0.815 bits per heavy atom. The van der Waals surface area contributed by atoms with E-state index < -0.39 is 0 Å². The summed E-state index contributed by atoms with van der Waals surface area (Å²) in [6.07, 6.45) is 19.4. The maximum Gasteiger partial charge on any atom is -0.00109 e. The summed E-state index contributed by atoms with van der Waals surface area (Å²) in [5.74, 6) is 0. The van der Waals surface area contributed by atoms with Crippen molar-refractivity contribution in [2.24, 2.45) is 0 Å². The van der Waals surface area contributed by atoms with E-state index in [0.29, 0.717) is 0 Å². The van der Waals surface area contributed by atoms with Crippen LogP contribution in [0.4, 0.5) is 0 Å². The summed E-state index contributed by atoms with van der Waals surface area (Å²) in [4.78, 5) is 0. The van der Waals surface area contributed by atoms with Crippen LogP contribution in [-0.2, 0) is 12.8 Å². The van der Waals surface area contributed by atoms with E-state index in [-0.39, 0.29) is 7.43 Å². The topological polar surface area (TPSA) is 0 Å². The molecule has 0 heteroatoms. The second kappa shape index (κ2) is 18.8. The molecule has 0 N–H and O–H groups in total. The van der Waals surface area contributed by atoms with Gasteiger partial charge < -0.3 is 0 Å². The zero-order chi connectivity index (χ0) is 36.6. The van der Waals surface area contributed by atoms with E-state index in [0.717, 1.165) is 12.8 Å². The predicted octanol–water partition coefficient (Wildman–Crippen LogP) is 16.9. The first-order chi connectivity index (χ1) is 26.1. The summed E-state index contributed by atoms with van der Waals surface area (Å²) in [6, 6.07) is 42.0. The summed E-state index contributed by atoms with van der Waals surface area (Å²) in [5.41, 5.74) is 19.9. The van der Waals surface area contributed by atoms with Gasteiger partial charge in [0.05, 0.1) is 0 Å². The minimum absolute atomic E-state index is 0. The molecule has 0 radical (unpaired) electrons. The van der Waals surface area contributed by atoms with Crippen molar-refractivity contribution < 1.29 is 0 Å². The van der Waals surface area contributed by atoms with Gasteiger partial charge in [-0.1, -0.05) is 212 Å². The van der Waals surface area contributed by atoms with Crippen LogP contribution in [0.25, 0.3) is 66.4 Å². The van der Waals surface area contributed by atoms with Gasteiger partial charge in [-0.3, -0.25) is 0 Å². The van der Waals surface area contributed by atoms with Crippen LogP contribution >= 0.6 is 0 Å². The Labute approximate surface area is 328 Å². The summed E-state index contributed by atoms with van der Waals surface area (Å²) in [7, 11) is 0. The lowest BCUT2D eigenvalue weighted by molar-refractivity contribution is 0.587. The Hall–Kier alpha value is -4.42. The number of hydrogen-bond acceptors (Lipinski definition) is 0. The standard InChI is InChI=1S/C53H60.CH4/c1-5-7-9-11-13-15-17-26-45-46(25-16-14-12-10-8-6-2)51(43-35-33-40(34-36-43)44-24-18-21-39(4)37-44)53-48-28-20-23-41-22-19-27-47(49(41)48)52(53)50(45)42-31-29-38(3)30-32-42;/h18-24,27-37H,5-17,25-26H2,1-4H3;1H4. The number of benzene rings is 6. The lowest BCUT2D eigenvalue weighted by Gasteiger charge is -2.26. The number of hydrogen-bond donors (Lipinski definition) is 0. The third-order valence-corrected chi connectivity index (χ3v) is 11.8. The molecule has 0 bridgehead atoms. The van der Waals surface area contributed by atoms with E-state index in [1.54, 1.807) is 11.1 Å². The van der Waals surface area contributed by atoms with Gasteiger partial charge in [0.2, 0.25) is 0 Å². The normalized spacial score (nSPS) is 11.6. The molecule has 0 fully saturated rings. The highest BCUT2D eigenvalue weighted by Gasteiger charge is 2.32. The van der Waals surface area contributed by atoms with Crippen LogP contribution in [0.5, 0.6) is 0 Å². The van der Waals surface area contributed by atoms with Crippen molar-refractivity contribution in [3.8, 4) is 55.6 Å². The van der Waals surface area contributed by atoms with Gasteiger partial charge in [-0.25, -0.2) is 0 Å². The molecule has 6 aromatic carbocycles. The number of fused-ring (bicyclic) bond motifs is 3. The fourth-order valence-corrected chi connectivity index (χ4v) is 9.05. The quantitative estimate of drug-likeness (QED) is 0.0777. The van der Waals surface area contributed by atoms with Gasteiger partial charge in [0.25, 0.3) is 0 Å². The Morgan fingerprint density at radius 1 is 0.370 bits per heavy atom. The fraction of sp³-hybridized carbons (Fsp3) is 0.370. The molecule has 0 saturated carbocycles. The summed E-state index contributed by atoms with van der Waals surface area (Å²) in [5, 5.41) is 2.77. The van der Waals surface area contributed by atoms with Gasteiger partial charge in [-0.2, -0.15) is 0 Å². The molecule has 54 heavy (non-hydrogen) atoms. The van der Waals surface area contributed by atoms with Crippen LogP contribution < -0.4 is 0 Å². The Balaban J connectivity index is 0.00000497. The molecule has 0 aliphatic heterocycles. The van der Waals surface area contributed by atoms with E-state index in [9.17, 15) is 0 Å². The van der Waals surface area contributed by atoms with E-state index in [2.05, 4.69) is 137 Å². The molecule has 0 amide bonds. The second-order valence-electron chi connectivity index (χ2n) is 15.9. The lowest BCUT2D eigenvalue weighted by Crippen LogP contribution is -2.06. The van der Waals surface area contributed by atoms with Crippen LogP contribution in [0.2, 0.25) is 0 Å². The maximum absolute atomic E-state index is 2.43. The Morgan fingerprint density at radius 3 is 1.31 bits per heavy atom. The molecular formula is C54H64. The fourth-order valence-electron chi connectivity index (χ4n) is 9.05. The molecule has 0 spiro atoms. The van der Waals surface area contributed by atoms with E-state index in [1.165, 1.54) is 161 Å². The molecule has 6 aromatic rings. The number of rotatable bonds is 18. The van der Waals surface area contributed by atoms with Gasteiger partial charge in [-0.05, 0) is 117 Å². The zero-order valence-electron chi connectivity index (χ0n) is 33.0. The summed E-state index contributed by atoms with van der Waals surface area (Å²) < 4.78 is 0. The van der Waals surface area contributed by atoms with E-state index >= 15 is 0 Å². The first kappa shape index (κ1) is 39.3. The molecule has 1 aliphatic rings. The van der Waals surface area contributed by atoms with Gasteiger partial charge in [0.1, 0.15) is 0 Å². The Kier molecular flexibility index (Phi) is 13.6. The molecule has 0 aromatic heterocycles. The van der Waals surface area contributed by atoms with Crippen molar-refractivity contribution in [3.05, 3.63) is 131 Å². The summed E-state index contributed by atoms with van der Waals surface area (Å²) in [6.45, 7) is 9.05. The van der Waals surface area contributed by atoms with E-state index in [4.69, 9.17) is 0 Å². The molecule has 1 aliphatic carbocycles. The highest BCUT2D eigenvalue weighted by Crippen LogP contribution is 2.57. The van der Waals surface area contributed by atoms with Gasteiger partial charge in [0.15, 0.2) is 0 Å². The van der Waals surface area contributed by atoms with Crippen LogP contribution in [0.15, 0.2) is 109 Å². The molecule has 0 unspecified atom stereocenters. The smallest absolute Gasteiger partial charge is 0.00109 e. The minimum Gasteiger partial charge on any atom is -0.0776 e. The van der Waals surface area contributed by atoms with Crippen LogP contribution in [0.1, 0.15) is 127 Å². The van der Waals surface area contributed by atoms with Crippen molar-refractivity contribution in [3.63, 3.8) is 0 Å². The zero-order valence-corrected chi connectivity index (χ0v) is 33.0. The maximum atomic E-state index is 2.43. The van der Waals surface area contributed by atoms with Crippen molar-refractivity contribution >= 4 is 10.8 Å². The third kappa shape index (κ3) is 8.44. The number of unbranched alkanes of at least 4 members (excludes halogenated alkanes) is 11. The third-order valence-electron chi connectivity index (χ3n) is 11.8. The van der Waals surface area contributed by atoms with Gasteiger partial charge in [-0.15, -0.1) is 0 Å². The first-order valence-corrected chi connectivity index (χ1v) is 21.1. The minimum atomic E-state index is 0. The summed E-state index contributed by atoms with van der Waals surface area (Å²) >= 11 is 0. The molecular weight excluding hydrogens is 649 g/mol. The predicted molar refractivity (Wildman–Crippen MR) is 240 cm³/mol. The average molecular weight is 713 g/mol. The molecule has 0 atom stereocenters. The SMILES string of the molecule is C.CCCCCCCCCc1c(CCCCCCCC)c(-c2ccc(-c3cccc(C)c3)cc2)c2c(c1-c1ccc(C)cc1)-c1cccc3cccc-2c13.